The number of hydrogen-bond donors (Lipinski definition) is 3. The Bertz CT molecular complexity index is 1640. The Labute approximate surface area is 193 Å². The van der Waals surface area contributed by atoms with Gasteiger partial charge in [-0.25, -0.2) is 4.98 Å². The summed E-state index contributed by atoms with van der Waals surface area (Å²) in [4.78, 5) is 12.4. The molecule has 0 spiro atoms. The molecule has 0 saturated carbocycles. The molecule has 0 fully saturated rings. The van der Waals surface area contributed by atoms with Gasteiger partial charge < -0.3 is 15.0 Å². The Morgan fingerprint density at radius 1 is 0.882 bits per heavy atom. The van der Waals surface area contributed by atoms with Gasteiger partial charge in [0.25, 0.3) is 0 Å². The zero-order chi connectivity index (χ0) is 22.9. The van der Waals surface area contributed by atoms with Crippen molar-refractivity contribution in [3.8, 4) is 23.0 Å². The predicted octanol–water partition coefficient (Wildman–Crippen LogP) is 5.17. The van der Waals surface area contributed by atoms with Crippen LogP contribution in [0, 0.1) is 0 Å². The first kappa shape index (κ1) is 19.6. The fraction of sp³-hybridized carbons (Fsp3) is 0. The Morgan fingerprint density at radius 2 is 1.85 bits per heavy atom. The van der Waals surface area contributed by atoms with Gasteiger partial charge in [0.05, 0.1) is 41.2 Å². The molecule has 4 aromatic heterocycles. The third kappa shape index (κ3) is 3.82. The minimum absolute atomic E-state index is 0.462. The summed E-state index contributed by atoms with van der Waals surface area (Å²) in [6.07, 6.45) is 6.71. The second-order valence-electron chi connectivity index (χ2n) is 7.66. The van der Waals surface area contributed by atoms with Crippen LogP contribution in [0.15, 0.2) is 86.0 Å². The lowest BCUT2D eigenvalue weighted by Crippen LogP contribution is -1.98. The van der Waals surface area contributed by atoms with E-state index in [1.807, 2.05) is 48.5 Å². The molecule has 9 nitrogen and oxygen atoms in total. The quantitative estimate of drug-likeness (QED) is 0.323. The molecular weight excluding hydrogens is 428 g/mol. The molecule has 164 valence electrons. The zero-order valence-electron chi connectivity index (χ0n) is 17.9. The molecule has 0 bridgehead atoms. The Kier molecular flexibility index (Phi) is 4.70. The number of nitrogens with zero attached hydrogens (tertiary/aromatic N) is 5. The monoisotopic (exact) mass is 446 g/mol. The van der Waals surface area contributed by atoms with E-state index in [0.29, 0.717) is 17.5 Å². The molecule has 6 aromatic rings. The number of H-pyrrole nitrogens is 2. The highest BCUT2D eigenvalue weighted by atomic mass is 16.5. The molecule has 0 atom stereocenters. The topological polar surface area (TPSA) is 117 Å². The molecule has 0 aliphatic rings. The van der Waals surface area contributed by atoms with E-state index in [4.69, 9.17) is 4.74 Å². The molecule has 0 aliphatic carbocycles. The molecule has 0 aliphatic heterocycles. The summed E-state index contributed by atoms with van der Waals surface area (Å²) in [6, 6.07) is 17.3. The maximum Gasteiger partial charge on any atom is 0.222 e. The summed E-state index contributed by atoms with van der Waals surface area (Å²) >= 11 is 0. The third-order valence-corrected chi connectivity index (χ3v) is 5.35. The first-order valence-electron chi connectivity index (χ1n) is 10.5. The number of anilines is 1. The predicted molar refractivity (Wildman–Crippen MR) is 130 cm³/mol. The van der Waals surface area contributed by atoms with Crippen LogP contribution in [0.25, 0.3) is 38.9 Å². The van der Waals surface area contributed by atoms with Crippen molar-refractivity contribution in [3.05, 3.63) is 91.7 Å². The summed E-state index contributed by atoms with van der Waals surface area (Å²) in [5, 5.41) is 19.9. The lowest BCUT2D eigenvalue weighted by molar-refractivity contribution is 0.463. The number of aromatic amines is 2. The number of fused-ring (bicyclic) bond motifs is 2. The summed E-state index contributed by atoms with van der Waals surface area (Å²) in [5.41, 5.74) is 5.18. The van der Waals surface area contributed by atoms with Crippen LogP contribution in [0.2, 0.25) is 0 Å². The molecule has 0 amide bonds. The van der Waals surface area contributed by atoms with Gasteiger partial charge in [-0.3, -0.25) is 5.10 Å². The van der Waals surface area contributed by atoms with Crippen molar-refractivity contribution in [2.24, 2.45) is 0 Å². The van der Waals surface area contributed by atoms with Crippen molar-refractivity contribution in [2.45, 2.75) is 0 Å². The fourth-order valence-electron chi connectivity index (χ4n) is 3.68. The molecular formula is C25H18N8O. The van der Waals surface area contributed by atoms with E-state index in [1.165, 1.54) is 0 Å². The second-order valence-corrected chi connectivity index (χ2v) is 7.66. The van der Waals surface area contributed by atoms with E-state index in [1.54, 1.807) is 30.9 Å². The minimum atomic E-state index is 0.462. The minimum Gasteiger partial charge on any atom is -0.439 e. The maximum absolute atomic E-state index is 5.97. The Hall–Kier alpha value is -5.05. The number of nitrogens with one attached hydrogen (secondary N) is 3. The van der Waals surface area contributed by atoms with Gasteiger partial charge in [-0.05, 0) is 36.4 Å². The van der Waals surface area contributed by atoms with Gasteiger partial charge in [0.2, 0.25) is 5.88 Å². The smallest absolute Gasteiger partial charge is 0.222 e. The SMILES string of the molecule is C=C(Nc1ccnnc1)c1cc2ccc(-c3nccc(Oc4ccc5[nH]ncc5c4)n3)cc2[nH]1. The molecule has 0 saturated heterocycles. The summed E-state index contributed by atoms with van der Waals surface area (Å²) < 4.78 is 5.97. The summed E-state index contributed by atoms with van der Waals surface area (Å²) in [6.45, 7) is 4.13. The van der Waals surface area contributed by atoms with Crippen LogP contribution >= 0.6 is 0 Å². The van der Waals surface area contributed by atoms with Crippen molar-refractivity contribution in [2.75, 3.05) is 5.32 Å². The van der Waals surface area contributed by atoms with E-state index in [0.717, 1.165) is 44.4 Å². The van der Waals surface area contributed by atoms with Crippen LogP contribution in [0.1, 0.15) is 5.69 Å². The Balaban J connectivity index is 1.25. The molecule has 9 heteroatoms. The second kappa shape index (κ2) is 8.14. The Morgan fingerprint density at radius 3 is 2.76 bits per heavy atom. The van der Waals surface area contributed by atoms with Crippen LogP contribution < -0.4 is 10.1 Å². The number of benzene rings is 2. The molecule has 3 N–H and O–H groups in total. The number of ether oxygens (including phenoxy) is 1. The molecule has 34 heavy (non-hydrogen) atoms. The first-order valence-corrected chi connectivity index (χ1v) is 10.5. The largest absolute Gasteiger partial charge is 0.439 e. The van der Waals surface area contributed by atoms with Gasteiger partial charge in [-0.2, -0.15) is 20.3 Å². The molecule has 0 unspecified atom stereocenters. The highest BCUT2D eigenvalue weighted by Crippen LogP contribution is 2.28. The van der Waals surface area contributed by atoms with Gasteiger partial charge in [0.1, 0.15) is 5.75 Å². The highest BCUT2D eigenvalue weighted by molar-refractivity contribution is 5.89. The van der Waals surface area contributed by atoms with E-state index in [-0.39, 0.29) is 0 Å². The van der Waals surface area contributed by atoms with Gasteiger partial charge in [-0.1, -0.05) is 18.7 Å². The number of rotatable bonds is 6. The molecule has 4 heterocycles. The van der Waals surface area contributed by atoms with Crippen LogP contribution in [0.5, 0.6) is 11.6 Å². The normalized spacial score (nSPS) is 11.1. The van der Waals surface area contributed by atoms with Crippen LogP contribution in [-0.2, 0) is 0 Å². The summed E-state index contributed by atoms with van der Waals surface area (Å²) in [7, 11) is 0. The standard InChI is InChI=1S/C25H18N8O/c1-15(30-19-6-9-27-28-14-19)22-11-16-2-3-17(12-23(16)31-22)25-26-8-7-24(32-25)34-20-4-5-21-18(10-20)13-29-33-21/h2-14,31H,1H2,(H,27,30)(H,29,33). The molecule has 2 aromatic carbocycles. The van der Waals surface area contributed by atoms with Crippen molar-refractivity contribution in [1.29, 1.82) is 0 Å². The van der Waals surface area contributed by atoms with Crippen LogP contribution in [-0.4, -0.2) is 35.3 Å². The van der Waals surface area contributed by atoms with Gasteiger partial charge in [0, 0.05) is 34.1 Å². The van der Waals surface area contributed by atoms with Crippen molar-refractivity contribution in [3.63, 3.8) is 0 Å². The van der Waals surface area contributed by atoms with Gasteiger partial charge >= 0.3 is 0 Å². The maximum atomic E-state index is 5.97. The average molecular weight is 446 g/mol. The number of hydrogen-bond acceptors (Lipinski definition) is 7. The first-order chi connectivity index (χ1) is 16.7. The van der Waals surface area contributed by atoms with E-state index < -0.39 is 0 Å². The fourth-order valence-corrected chi connectivity index (χ4v) is 3.68. The van der Waals surface area contributed by atoms with E-state index in [9.17, 15) is 0 Å². The zero-order valence-corrected chi connectivity index (χ0v) is 17.9. The average Bonchev–Trinajstić information content (AvgIpc) is 3.51. The van der Waals surface area contributed by atoms with E-state index in [2.05, 4.69) is 47.2 Å². The lowest BCUT2D eigenvalue weighted by atomic mass is 10.1. The molecule has 6 rings (SSSR count). The highest BCUT2D eigenvalue weighted by Gasteiger charge is 2.10. The van der Waals surface area contributed by atoms with Crippen LogP contribution in [0.3, 0.4) is 0 Å². The van der Waals surface area contributed by atoms with Gasteiger partial charge in [-0.15, -0.1) is 0 Å². The van der Waals surface area contributed by atoms with Crippen molar-refractivity contribution >= 4 is 33.2 Å². The number of aromatic nitrogens is 7. The van der Waals surface area contributed by atoms with E-state index >= 15 is 0 Å². The van der Waals surface area contributed by atoms with Crippen LogP contribution in [0.4, 0.5) is 5.69 Å². The summed E-state index contributed by atoms with van der Waals surface area (Å²) in [5.74, 6) is 1.71. The third-order valence-electron chi connectivity index (χ3n) is 5.35. The van der Waals surface area contributed by atoms with Crippen molar-refractivity contribution in [1.82, 2.24) is 35.3 Å². The van der Waals surface area contributed by atoms with Crippen molar-refractivity contribution < 1.29 is 4.74 Å². The molecule has 0 radical (unpaired) electrons. The van der Waals surface area contributed by atoms with Gasteiger partial charge in [0.15, 0.2) is 5.82 Å². The lowest BCUT2D eigenvalue weighted by Gasteiger charge is -2.07.